The van der Waals surface area contributed by atoms with Crippen molar-refractivity contribution in [2.75, 3.05) is 0 Å². The molecule has 0 aromatic carbocycles. The predicted octanol–water partition coefficient (Wildman–Crippen LogP) is 1.01. The van der Waals surface area contributed by atoms with Crippen molar-refractivity contribution in [3.63, 3.8) is 0 Å². The molecule has 0 amide bonds. The third-order valence-electron chi connectivity index (χ3n) is 1.79. The van der Waals surface area contributed by atoms with Gasteiger partial charge in [-0.3, -0.25) is 0 Å². The van der Waals surface area contributed by atoms with Gasteiger partial charge in [-0.2, -0.15) is 9.61 Å². The summed E-state index contributed by atoms with van der Waals surface area (Å²) in [5, 5.41) is 16.1. The molecule has 3 aromatic heterocycles. The molecule has 0 atom stereocenters. The second-order valence-electron chi connectivity index (χ2n) is 2.64. The molecule has 0 spiro atoms. The minimum Gasteiger partial charge on any atom is -0.182 e. The Kier molecular flexibility index (Phi) is 1.58. The van der Waals surface area contributed by atoms with Crippen molar-refractivity contribution in [1.82, 2.24) is 29.4 Å². The van der Waals surface area contributed by atoms with Crippen molar-refractivity contribution < 1.29 is 0 Å². The van der Waals surface area contributed by atoms with Gasteiger partial charge in [-0.1, -0.05) is 15.8 Å². The largest absolute Gasteiger partial charge is 0.234 e. The van der Waals surface area contributed by atoms with Crippen LogP contribution in [0.4, 0.5) is 0 Å². The molecule has 70 valence electrons. The summed E-state index contributed by atoms with van der Waals surface area (Å²) >= 11 is 2.76. The number of hydrogen-bond acceptors (Lipinski definition) is 7. The smallest absolute Gasteiger partial charge is 0.182 e. The van der Waals surface area contributed by atoms with E-state index < -0.39 is 0 Å². The van der Waals surface area contributed by atoms with Crippen molar-refractivity contribution in [3.8, 4) is 10.7 Å². The van der Waals surface area contributed by atoms with E-state index in [0.717, 1.165) is 15.5 Å². The lowest BCUT2D eigenvalue weighted by atomic mass is 10.4. The van der Waals surface area contributed by atoms with Crippen LogP contribution < -0.4 is 0 Å². The summed E-state index contributed by atoms with van der Waals surface area (Å²) in [6, 6.07) is 0. The monoisotopic (exact) mass is 224 g/mol. The number of nitrogens with zero attached hydrogens (tertiary/aromatic N) is 6. The van der Waals surface area contributed by atoms with Crippen LogP contribution in [0.3, 0.4) is 0 Å². The number of aromatic nitrogens is 6. The molecule has 0 aliphatic heterocycles. The highest BCUT2D eigenvalue weighted by Gasteiger charge is 2.14. The number of hydrogen-bond donors (Lipinski definition) is 0. The minimum absolute atomic E-state index is 0.716. The molecule has 8 heteroatoms. The molecular weight excluding hydrogens is 220 g/mol. The maximum atomic E-state index is 4.14. The Morgan fingerprint density at radius 1 is 1.29 bits per heavy atom. The second-order valence-corrected chi connectivity index (χ2v) is 4.21. The maximum absolute atomic E-state index is 4.14. The van der Waals surface area contributed by atoms with Gasteiger partial charge in [0.05, 0.1) is 5.69 Å². The van der Waals surface area contributed by atoms with E-state index in [1.165, 1.54) is 22.9 Å². The lowest BCUT2D eigenvalue weighted by Crippen LogP contribution is -1.88. The molecule has 0 N–H and O–H groups in total. The van der Waals surface area contributed by atoms with E-state index in [9.17, 15) is 0 Å². The van der Waals surface area contributed by atoms with Crippen LogP contribution in [0.1, 0.15) is 5.69 Å². The van der Waals surface area contributed by atoms with Crippen molar-refractivity contribution >= 4 is 27.8 Å². The van der Waals surface area contributed by atoms with Gasteiger partial charge in [0.25, 0.3) is 0 Å². The summed E-state index contributed by atoms with van der Waals surface area (Å²) in [7, 11) is 0. The van der Waals surface area contributed by atoms with Crippen LogP contribution in [-0.4, -0.2) is 29.4 Å². The van der Waals surface area contributed by atoms with E-state index in [1.54, 1.807) is 10.0 Å². The molecule has 0 unspecified atom stereocenters. The highest BCUT2D eigenvalue weighted by atomic mass is 32.1. The number of aryl methyl sites for hydroxylation is 1. The average molecular weight is 224 g/mol. The highest BCUT2D eigenvalue weighted by molar-refractivity contribution is 7.14. The van der Waals surface area contributed by atoms with Crippen molar-refractivity contribution in [3.05, 3.63) is 11.2 Å². The molecular formula is C6H4N6S2. The zero-order valence-corrected chi connectivity index (χ0v) is 8.71. The summed E-state index contributed by atoms with van der Waals surface area (Å²) in [6.07, 6.45) is 0. The van der Waals surface area contributed by atoms with Gasteiger partial charge in [0.15, 0.2) is 5.82 Å². The topological polar surface area (TPSA) is 68.9 Å². The first-order chi connectivity index (χ1) is 6.86. The third-order valence-corrected chi connectivity index (χ3v) is 3.28. The molecule has 3 rings (SSSR count). The molecule has 3 heterocycles. The summed E-state index contributed by atoms with van der Waals surface area (Å²) in [4.78, 5) is 1.70. The van der Waals surface area contributed by atoms with Gasteiger partial charge in [0.1, 0.15) is 10.4 Å². The lowest BCUT2D eigenvalue weighted by Gasteiger charge is -1.89. The molecule has 0 fully saturated rings. The summed E-state index contributed by atoms with van der Waals surface area (Å²) in [5.74, 6) is 0.716. The second kappa shape index (κ2) is 2.79. The Morgan fingerprint density at radius 3 is 3.00 bits per heavy atom. The van der Waals surface area contributed by atoms with Crippen molar-refractivity contribution in [2.45, 2.75) is 6.92 Å². The molecule has 0 saturated heterocycles. The van der Waals surface area contributed by atoms with E-state index in [1.807, 2.05) is 6.92 Å². The summed E-state index contributed by atoms with van der Waals surface area (Å²) < 4.78 is 5.56. The van der Waals surface area contributed by atoms with E-state index in [0.29, 0.717) is 5.82 Å². The quantitative estimate of drug-likeness (QED) is 0.617. The number of fused-ring (bicyclic) bond motifs is 1. The van der Waals surface area contributed by atoms with Gasteiger partial charge >= 0.3 is 0 Å². The number of rotatable bonds is 1. The first kappa shape index (κ1) is 7.94. The molecule has 0 bridgehead atoms. The molecule has 0 saturated carbocycles. The highest BCUT2D eigenvalue weighted by Crippen LogP contribution is 2.24. The molecule has 14 heavy (non-hydrogen) atoms. The van der Waals surface area contributed by atoms with Gasteiger partial charge in [0, 0.05) is 0 Å². The van der Waals surface area contributed by atoms with E-state index in [2.05, 4.69) is 24.9 Å². The van der Waals surface area contributed by atoms with Gasteiger partial charge in [0.2, 0.25) is 4.96 Å². The van der Waals surface area contributed by atoms with Crippen molar-refractivity contribution in [1.29, 1.82) is 0 Å². The van der Waals surface area contributed by atoms with Gasteiger partial charge in [-0.25, -0.2) is 0 Å². The van der Waals surface area contributed by atoms with Crippen LogP contribution in [0, 0.1) is 6.92 Å². The van der Waals surface area contributed by atoms with Gasteiger partial charge < -0.3 is 0 Å². The molecule has 0 aliphatic rings. The first-order valence-electron chi connectivity index (χ1n) is 3.80. The van der Waals surface area contributed by atoms with E-state index in [4.69, 9.17) is 0 Å². The van der Waals surface area contributed by atoms with E-state index >= 15 is 0 Å². The fourth-order valence-electron chi connectivity index (χ4n) is 1.14. The SMILES string of the molecule is Cc1nnsc1-c1nnc2scnn12. The van der Waals surface area contributed by atoms with Crippen LogP contribution >= 0.6 is 22.9 Å². The normalized spacial score (nSPS) is 11.2. The van der Waals surface area contributed by atoms with Gasteiger partial charge in [-0.05, 0) is 18.5 Å². The van der Waals surface area contributed by atoms with Crippen LogP contribution in [0.15, 0.2) is 5.51 Å². The molecule has 6 nitrogen and oxygen atoms in total. The Bertz CT molecular complexity index is 578. The fraction of sp³-hybridized carbons (Fsp3) is 0.167. The molecule has 0 aliphatic carbocycles. The van der Waals surface area contributed by atoms with Gasteiger partial charge in [-0.15, -0.1) is 15.3 Å². The van der Waals surface area contributed by atoms with Crippen LogP contribution in [0.5, 0.6) is 0 Å². The predicted molar refractivity (Wildman–Crippen MR) is 52.3 cm³/mol. The maximum Gasteiger partial charge on any atom is 0.234 e. The van der Waals surface area contributed by atoms with Crippen LogP contribution in [0.2, 0.25) is 0 Å². The van der Waals surface area contributed by atoms with Crippen molar-refractivity contribution in [2.24, 2.45) is 0 Å². The summed E-state index contributed by atoms with van der Waals surface area (Å²) in [5.41, 5.74) is 2.59. The first-order valence-corrected chi connectivity index (χ1v) is 5.46. The zero-order valence-electron chi connectivity index (χ0n) is 7.08. The Morgan fingerprint density at radius 2 is 2.21 bits per heavy atom. The average Bonchev–Trinajstić information content (AvgIpc) is 2.78. The molecule has 0 radical (unpaired) electrons. The minimum atomic E-state index is 0.716. The van der Waals surface area contributed by atoms with Crippen LogP contribution in [-0.2, 0) is 0 Å². The van der Waals surface area contributed by atoms with E-state index in [-0.39, 0.29) is 0 Å². The Hall–Kier alpha value is -1.41. The Labute approximate surface area is 86.4 Å². The fourth-order valence-corrected chi connectivity index (χ4v) is 2.32. The zero-order chi connectivity index (χ0) is 9.54. The Balaban J connectivity index is 2.33. The third kappa shape index (κ3) is 0.976. The molecule has 3 aromatic rings. The lowest BCUT2D eigenvalue weighted by molar-refractivity contribution is 0.965. The standard InChI is InChI=1S/C6H4N6S2/c1-3-4(14-11-8-3)5-9-10-6-12(5)7-2-13-6/h2H,1H3. The van der Waals surface area contributed by atoms with Crippen LogP contribution in [0.25, 0.3) is 15.7 Å². The summed E-state index contributed by atoms with van der Waals surface area (Å²) in [6.45, 7) is 1.90.